The normalized spacial score (nSPS) is 21.1. The lowest BCUT2D eigenvalue weighted by Gasteiger charge is -2.34. The van der Waals surface area contributed by atoms with Crippen molar-refractivity contribution in [3.8, 4) is 0 Å². The highest BCUT2D eigenvalue weighted by atomic mass is 16.5. The molecule has 0 unspecified atom stereocenters. The van der Waals surface area contributed by atoms with E-state index in [1.54, 1.807) is 5.01 Å². The van der Waals surface area contributed by atoms with E-state index in [1.165, 1.54) is 5.56 Å². The maximum absolute atomic E-state index is 13.6. The topological polar surface area (TPSA) is 62.2 Å². The largest absolute Gasteiger partial charge is 0.465 e. The van der Waals surface area contributed by atoms with Crippen LogP contribution in [0.3, 0.4) is 0 Å². The standard InChI is InChI=1S/C27H33N3O3/c1-4-33-27(32)24-10-5-6-15-29(24)18-26(31)30-25(21-13-11-19(2)12-14-21)17-23(28-30)22-9-7-8-20(3)16-22/h7-9,11-14,16,24-25H,4-6,10,15,17-18H2,1-3H3/t24-,25-/m0/s1. The molecule has 2 aromatic carbocycles. The Bertz CT molecular complexity index is 1030. The highest BCUT2D eigenvalue weighted by Gasteiger charge is 2.37. The zero-order valence-corrected chi connectivity index (χ0v) is 19.8. The molecule has 0 aliphatic carbocycles. The monoisotopic (exact) mass is 447 g/mol. The Labute approximate surface area is 196 Å². The van der Waals surface area contributed by atoms with Crippen molar-refractivity contribution in [1.82, 2.24) is 9.91 Å². The Kier molecular flexibility index (Phi) is 7.23. The number of carbonyl (C=O) groups is 2. The van der Waals surface area contributed by atoms with Crippen molar-refractivity contribution in [3.63, 3.8) is 0 Å². The number of hydrazone groups is 1. The van der Waals surface area contributed by atoms with Gasteiger partial charge in [0.1, 0.15) is 6.04 Å². The van der Waals surface area contributed by atoms with Crippen LogP contribution < -0.4 is 0 Å². The molecule has 6 heteroatoms. The van der Waals surface area contributed by atoms with E-state index in [4.69, 9.17) is 9.84 Å². The Morgan fingerprint density at radius 1 is 1.06 bits per heavy atom. The molecule has 174 valence electrons. The zero-order chi connectivity index (χ0) is 23.4. The molecular formula is C27H33N3O3. The SMILES string of the molecule is CCOC(=O)[C@@H]1CCCCN1CC(=O)N1N=C(c2cccc(C)c2)C[C@H]1c1ccc(C)cc1. The molecule has 1 fully saturated rings. The van der Waals surface area contributed by atoms with Crippen molar-refractivity contribution in [2.24, 2.45) is 5.10 Å². The Morgan fingerprint density at radius 2 is 1.85 bits per heavy atom. The van der Waals surface area contributed by atoms with Crippen LogP contribution in [0.4, 0.5) is 0 Å². The third-order valence-electron chi connectivity index (χ3n) is 6.49. The second-order valence-corrected chi connectivity index (χ2v) is 9.02. The van der Waals surface area contributed by atoms with Gasteiger partial charge in [-0.25, -0.2) is 5.01 Å². The van der Waals surface area contributed by atoms with E-state index in [2.05, 4.69) is 50.2 Å². The van der Waals surface area contributed by atoms with E-state index in [1.807, 2.05) is 24.0 Å². The first-order chi connectivity index (χ1) is 16.0. The van der Waals surface area contributed by atoms with Gasteiger partial charge in [-0.15, -0.1) is 0 Å². The predicted octanol–water partition coefficient (Wildman–Crippen LogP) is 4.40. The van der Waals surface area contributed by atoms with Crippen molar-refractivity contribution in [2.75, 3.05) is 19.7 Å². The van der Waals surface area contributed by atoms with Crippen LogP contribution in [0.1, 0.15) is 60.9 Å². The van der Waals surface area contributed by atoms with E-state index in [-0.39, 0.29) is 30.5 Å². The molecule has 0 spiro atoms. The van der Waals surface area contributed by atoms with Crippen LogP contribution in [0.2, 0.25) is 0 Å². The van der Waals surface area contributed by atoms with E-state index in [0.29, 0.717) is 19.6 Å². The quantitative estimate of drug-likeness (QED) is 0.616. The van der Waals surface area contributed by atoms with Gasteiger partial charge in [0.25, 0.3) is 5.91 Å². The lowest BCUT2D eigenvalue weighted by Crippen LogP contribution is -2.49. The molecule has 2 aliphatic rings. The fourth-order valence-corrected chi connectivity index (χ4v) is 4.72. The molecule has 1 saturated heterocycles. The summed E-state index contributed by atoms with van der Waals surface area (Å²) in [6, 6.07) is 16.0. The fraction of sp³-hybridized carbons (Fsp3) is 0.444. The van der Waals surface area contributed by atoms with Gasteiger partial charge in [0.05, 0.1) is 24.9 Å². The number of aryl methyl sites for hydroxylation is 2. The highest BCUT2D eigenvalue weighted by Crippen LogP contribution is 2.33. The molecule has 1 amide bonds. The van der Waals surface area contributed by atoms with Crippen molar-refractivity contribution < 1.29 is 14.3 Å². The van der Waals surface area contributed by atoms with Gasteiger partial charge in [0.2, 0.25) is 0 Å². The molecular weight excluding hydrogens is 414 g/mol. The van der Waals surface area contributed by atoms with E-state index >= 15 is 0 Å². The van der Waals surface area contributed by atoms with Gasteiger partial charge in [-0.05, 0) is 51.3 Å². The number of piperidine rings is 1. The first-order valence-corrected chi connectivity index (χ1v) is 11.9. The number of ether oxygens (including phenoxy) is 1. The summed E-state index contributed by atoms with van der Waals surface area (Å²) in [7, 11) is 0. The molecule has 0 aromatic heterocycles. The van der Waals surface area contributed by atoms with Crippen molar-refractivity contribution >= 4 is 17.6 Å². The van der Waals surface area contributed by atoms with Gasteiger partial charge in [-0.2, -0.15) is 5.10 Å². The van der Waals surface area contributed by atoms with Gasteiger partial charge in [-0.3, -0.25) is 14.5 Å². The maximum atomic E-state index is 13.6. The van der Waals surface area contributed by atoms with Crippen LogP contribution in [0.25, 0.3) is 0 Å². The summed E-state index contributed by atoms with van der Waals surface area (Å²) in [5.74, 6) is -0.315. The van der Waals surface area contributed by atoms with Gasteiger partial charge < -0.3 is 4.74 Å². The number of hydrogen-bond acceptors (Lipinski definition) is 5. The summed E-state index contributed by atoms with van der Waals surface area (Å²) >= 11 is 0. The minimum Gasteiger partial charge on any atom is -0.465 e. The average Bonchev–Trinajstić information content (AvgIpc) is 3.26. The first kappa shape index (κ1) is 23.2. The summed E-state index contributed by atoms with van der Waals surface area (Å²) in [6.07, 6.45) is 3.34. The molecule has 33 heavy (non-hydrogen) atoms. The molecule has 2 heterocycles. The maximum Gasteiger partial charge on any atom is 0.323 e. The minimum atomic E-state index is -0.358. The summed E-state index contributed by atoms with van der Waals surface area (Å²) in [4.78, 5) is 28.0. The van der Waals surface area contributed by atoms with Crippen LogP contribution in [0.5, 0.6) is 0 Å². The van der Waals surface area contributed by atoms with Crippen LogP contribution in [-0.4, -0.2) is 53.2 Å². The smallest absolute Gasteiger partial charge is 0.323 e. The van der Waals surface area contributed by atoms with Gasteiger partial charge >= 0.3 is 5.97 Å². The summed E-state index contributed by atoms with van der Waals surface area (Å²) < 4.78 is 5.27. The molecule has 2 aromatic rings. The molecule has 0 bridgehead atoms. The van der Waals surface area contributed by atoms with Crippen molar-refractivity contribution in [3.05, 3.63) is 70.8 Å². The number of likely N-dealkylation sites (tertiary alicyclic amines) is 1. The summed E-state index contributed by atoms with van der Waals surface area (Å²) in [5, 5.41) is 6.45. The van der Waals surface area contributed by atoms with E-state index in [0.717, 1.165) is 41.7 Å². The minimum absolute atomic E-state index is 0.0839. The van der Waals surface area contributed by atoms with Crippen LogP contribution in [-0.2, 0) is 14.3 Å². The second-order valence-electron chi connectivity index (χ2n) is 9.02. The molecule has 0 saturated carbocycles. The number of amides is 1. The molecule has 0 N–H and O–H groups in total. The van der Waals surface area contributed by atoms with Gasteiger partial charge in [0.15, 0.2) is 0 Å². The Balaban J connectivity index is 1.59. The van der Waals surface area contributed by atoms with Crippen LogP contribution >= 0.6 is 0 Å². The molecule has 2 aliphatic heterocycles. The molecule has 6 nitrogen and oxygen atoms in total. The number of benzene rings is 2. The third kappa shape index (κ3) is 5.33. The molecule has 4 rings (SSSR count). The van der Waals surface area contributed by atoms with Crippen LogP contribution in [0.15, 0.2) is 53.6 Å². The van der Waals surface area contributed by atoms with E-state index in [9.17, 15) is 9.59 Å². The van der Waals surface area contributed by atoms with Crippen molar-refractivity contribution in [1.29, 1.82) is 0 Å². The Hall–Kier alpha value is -2.99. The lowest BCUT2D eigenvalue weighted by atomic mass is 9.97. The third-order valence-corrected chi connectivity index (χ3v) is 6.49. The number of hydrogen-bond donors (Lipinski definition) is 0. The second kappa shape index (κ2) is 10.3. The highest BCUT2D eigenvalue weighted by molar-refractivity contribution is 6.03. The Morgan fingerprint density at radius 3 is 2.58 bits per heavy atom. The van der Waals surface area contributed by atoms with Crippen molar-refractivity contribution in [2.45, 2.75) is 58.5 Å². The van der Waals surface area contributed by atoms with Crippen LogP contribution in [0, 0.1) is 13.8 Å². The fourth-order valence-electron chi connectivity index (χ4n) is 4.72. The lowest BCUT2D eigenvalue weighted by molar-refractivity contribution is -0.152. The zero-order valence-electron chi connectivity index (χ0n) is 19.8. The number of nitrogens with zero attached hydrogens (tertiary/aromatic N) is 3. The predicted molar refractivity (Wildman–Crippen MR) is 129 cm³/mol. The number of rotatable bonds is 6. The number of esters is 1. The summed E-state index contributed by atoms with van der Waals surface area (Å²) in [6.45, 7) is 7.16. The molecule has 0 radical (unpaired) electrons. The van der Waals surface area contributed by atoms with Gasteiger partial charge in [-0.1, -0.05) is 66.1 Å². The number of carbonyl (C=O) groups excluding carboxylic acids is 2. The average molecular weight is 448 g/mol. The molecule has 2 atom stereocenters. The van der Waals surface area contributed by atoms with Gasteiger partial charge in [0, 0.05) is 6.42 Å². The first-order valence-electron chi connectivity index (χ1n) is 11.9. The summed E-state index contributed by atoms with van der Waals surface area (Å²) in [5.41, 5.74) is 5.38. The van der Waals surface area contributed by atoms with E-state index < -0.39 is 0 Å².